The molecule has 0 atom stereocenters. The van der Waals surface area contributed by atoms with Crippen LogP contribution in [0.3, 0.4) is 0 Å². The molecule has 0 fully saturated rings. The molecule has 0 saturated carbocycles. The summed E-state index contributed by atoms with van der Waals surface area (Å²) in [4.78, 5) is 29.8. The van der Waals surface area contributed by atoms with Crippen molar-refractivity contribution < 1.29 is 19.2 Å². The first-order chi connectivity index (χ1) is 12.5. The average Bonchev–Trinajstić information content (AvgIpc) is 3.26. The highest BCUT2D eigenvalue weighted by molar-refractivity contribution is 5.95. The van der Waals surface area contributed by atoms with Crippen molar-refractivity contribution in [2.24, 2.45) is 0 Å². The summed E-state index contributed by atoms with van der Waals surface area (Å²) >= 11 is 0. The van der Waals surface area contributed by atoms with Gasteiger partial charge >= 0.3 is 5.97 Å². The number of nitrogens with zero attached hydrogens (tertiary/aromatic N) is 5. The van der Waals surface area contributed by atoms with Crippen LogP contribution in [0.5, 0.6) is 0 Å². The Bertz CT molecular complexity index is 1010. The van der Waals surface area contributed by atoms with Crippen LogP contribution in [0.4, 0.5) is 0 Å². The number of aryl methyl sites for hydroxylation is 1. The SMILES string of the molecule is Cc1nc(-c2cccc(C(=O)N3CCn4nc(C(=O)O)cc4C3)c2)no1. The first kappa shape index (κ1) is 16.0. The molecule has 0 bridgehead atoms. The van der Waals surface area contributed by atoms with Crippen molar-refractivity contribution in [1.82, 2.24) is 24.8 Å². The summed E-state index contributed by atoms with van der Waals surface area (Å²) in [5.41, 5.74) is 1.90. The van der Waals surface area contributed by atoms with Gasteiger partial charge in [-0.2, -0.15) is 10.1 Å². The zero-order chi connectivity index (χ0) is 18.3. The van der Waals surface area contributed by atoms with Crippen LogP contribution < -0.4 is 0 Å². The van der Waals surface area contributed by atoms with E-state index in [2.05, 4.69) is 15.2 Å². The third-order valence-corrected chi connectivity index (χ3v) is 4.20. The second-order valence-electron chi connectivity index (χ2n) is 5.99. The number of carbonyl (C=O) groups is 2. The largest absolute Gasteiger partial charge is 0.476 e. The van der Waals surface area contributed by atoms with Gasteiger partial charge in [-0.1, -0.05) is 17.3 Å². The van der Waals surface area contributed by atoms with E-state index in [4.69, 9.17) is 9.63 Å². The quantitative estimate of drug-likeness (QED) is 0.760. The molecular weight excluding hydrogens is 338 g/mol. The van der Waals surface area contributed by atoms with Crippen LogP contribution in [-0.2, 0) is 13.1 Å². The van der Waals surface area contributed by atoms with E-state index < -0.39 is 5.97 Å². The van der Waals surface area contributed by atoms with Gasteiger partial charge in [-0.05, 0) is 18.2 Å². The molecule has 9 nitrogen and oxygen atoms in total. The van der Waals surface area contributed by atoms with E-state index in [1.807, 2.05) is 6.07 Å². The Labute approximate surface area is 147 Å². The number of hydrogen-bond donors (Lipinski definition) is 1. The van der Waals surface area contributed by atoms with E-state index >= 15 is 0 Å². The number of rotatable bonds is 3. The molecule has 0 spiro atoms. The Balaban J connectivity index is 1.57. The maximum Gasteiger partial charge on any atom is 0.356 e. The van der Waals surface area contributed by atoms with Gasteiger partial charge in [0.2, 0.25) is 11.7 Å². The Morgan fingerprint density at radius 1 is 1.23 bits per heavy atom. The normalized spacial score (nSPS) is 13.5. The summed E-state index contributed by atoms with van der Waals surface area (Å²) in [6.07, 6.45) is 0. The van der Waals surface area contributed by atoms with Gasteiger partial charge in [-0.3, -0.25) is 9.48 Å². The van der Waals surface area contributed by atoms with Crippen molar-refractivity contribution in [3.8, 4) is 11.4 Å². The number of fused-ring (bicyclic) bond motifs is 1. The fourth-order valence-electron chi connectivity index (χ4n) is 2.93. The van der Waals surface area contributed by atoms with Crippen LogP contribution in [0.2, 0.25) is 0 Å². The molecule has 0 aliphatic carbocycles. The summed E-state index contributed by atoms with van der Waals surface area (Å²) in [7, 11) is 0. The monoisotopic (exact) mass is 353 g/mol. The van der Waals surface area contributed by atoms with Gasteiger partial charge < -0.3 is 14.5 Å². The summed E-state index contributed by atoms with van der Waals surface area (Å²) < 4.78 is 6.61. The fraction of sp³-hybridized carbons (Fsp3) is 0.235. The van der Waals surface area contributed by atoms with Crippen LogP contribution in [0.25, 0.3) is 11.4 Å². The minimum absolute atomic E-state index is 0.0104. The van der Waals surface area contributed by atoms with Crippen molar-refractivity contribution >= 4 is 11.9 Å². The number of carboxylic acid groups (broad SMARTS) is 1. The highest BCUT2D eigenvalue weighted by atomic mass is 16.5. The zero-order valence-electron chi connectivity index (χ0n) is 13.9. The van der Waals surface area contributed by atoms with Crippen LogP contribution in [-0.4, -0.2) is 48.3 Å². The molecule has 1 aliphatic rings. The predicted octanol–water partition coefficient (Wildman–Crippen LogP) is 1.60. The molecule has 0 unspecified atom stereocenters. The molecule has 132 valence electrons. The van der Waals surface area contributed by atoms with Crippen molar-refractivity contribution in [3.63, 3.8) is 0 Å². The molecular formula is C17H15N5O4. The second kappa shape index (κ2) is 6.10. The number of carboxylic acids is 1. The zero-order valence-corrected chi connectivity index (χ0v) is 13.9. The van der Waals surface area contributed by atoms with Crippen LogP contribution >= 0.6 is 0 Å². The molecule has 1 aromatic carbocycles. The van der Waals surface area contributed by atoms with Gasteiger partial charge in [0, 0.05) is 24.6 Å². The maximum atomic E-state index is 12.9. The molecule has 0 radical (unpaired) electrons. The topological polar surface area (TPSA) is 114 Å². The Hall–Kier alpha value is -3.49. The molecule has 26 heavy (non-hydrogen) atoms. The highest BCUT2D eigenvalue weighted by Crippen LogP contribution is 2.20. The van der Waals surface area contributed by atoms with Crippen LogP contribution in [0.15, 0.2) is 34.9 Å². The number of amides is 1. The lowest BCUT2D eigenvalue weighted by Crippen LogP contribution is -2.38. The summed E-state index contributed by atoms with van der Waals surface area (Å²) in [6, 6.07) is 8.53. The first-order valence-corrected chi connectivity index (χ1v) is 8.01. The van der Waals surface area contributed by atoms with E-state index in [9.17, 15) is 9.59 Å². The van der Waals surface area contributed by atoms with E-state index in [0.29, 0.717) is 48.2 Å². The molecule has 3 heterocycles. The first-order valence-electron chi connectivity index (χ1n) is 8.01. The van der Waals surface area contributed by atoms with Gasteiger partial charge in [0.1, 0.15) is 0 Å². The van der Waals surface area contributed by atoms with Crippen molar-refractivity contribution in [2.75, 3.05) is 6.54 Å². The average molecular weight is 353 g/mol. The number of aromatic nitrogens is 4. The molecule has 2 aromatic heterocycles. The van der Waals surface area contributed by atoms with Crippen LogP contribution in [0, 0.1) is 6.92 Å². The van der Waals surface area contributed by atoms with Crippen molar-refractivity contribution in [1.29, 1.82) is 0 Å². The maximum absolute atomic E-state index is 12.9. The number of hydrogen-bond acceptors (Lipinski definition) is 6. The Kier molecular flexibility index (Phi) is 3.76. The summed E-state index contributed by atoms with van der Waals surface area (Å²) in [5.74, 6) is -0.334. The lowest BCUT2D eigenvalue weighted by atomic mass is 10.1. The smallest absolute Gasteiger partial charge is 0.356 e. The molecule has 1 aliphatic heterocycles. The molecule has 4 rings (SSSR count). The molecule has 9 heteroatoms. The van der Waals surface area contributed by atoms with Crippen molar-refractivity contribution in [2.45, 2.75) is 20.0 Å². The lowest BCUT2D eigenvalue weighted by molar-refractivity contribution is 0.0680. The van der Waals surface area contributed by atoms with Gasteiger partial charge in [0.15, 0.2) is 5.69 Å². The number of aromatic carboxylic acids is 1. The second-order valence-corrected chi connectivity index (χ2v) is 5.99. The third kappa shape index (κ3) is 2.83. The van der Waals surface area contributed by atoms with E-state index in [1.165, 1.54) is 6.07 Å². The number of carbonyl (C=O) groups excluding carboxylic acids is 1. The minimum atomic E-state index is -1.08. The van der Waals surface area contributed by atoms with Crippen molar-refractivity contribution in [3.05, 3.63) is 53.2 Å². The molecule has 3 aromatic rings. The predicted molar refractivity (Wildman–Crippen MR) is 88.4 cm³/mol. The molecule has 1 amide bonds. The standard InChI is InChI=1S/C17H15N5O4/c1-10-18-15(20-26-10)11-3-2-4-12(7-11)16(23)21-5-6-22-13(9-21)8-14(19-22)17(24)25/h2-4,7-8H,5-6,9H2,1H3,(H,24,25). The van der Waals surface area contributed by atoms with E-state index in [0.717, 1.165) is 0 Å². The highest BCUT2D eigenvalue weighted by Gasteiger charge is 2.25. The van der Waals surface area contributed by atoms with Gasteiger partial charge in [-0.25, -0.2) is 4.79 Å². The van der Waals surface area contributed by atoms with Gasteiger partial charge in [-0.15, -0.1) is 0 Å². The molecule has 0 saturated heterocycles. The summed E-state index contributed by atoms with van der Waals surface area (Å²) in [6.45, 7) is 2.93. The Morgan fingerprint density at radius 3 is 2.81 bits per heavy atom. The number of benzene rings is 1. The molecule has 1 N–H and O–H groups in total. The van der Waals surface area contributed by atoms with Gasteiger partial charge in [0.25, 0.3) is 5.91 Å². The Morgan fingerprint density at radius 2 is 2.08 bits per heavy atom. The summed E-state index contributed by atoms with van der Waals surface area (Å²) in [5, 5.41) is 16.9. The minimum Gasteiger partial charge on any atom is -0.476 e. The van der Waals surface area contributed by atoms with Crippen LogP contribution in [0.1, 0.15) is 32.4 Å². The lowest BCUT2D eigenvalue weighted by Gasteiger charge is -2.27. The van der Waals surface area contributed by atoms with Gasteiger partial charge in [0.05, 0.1) is 18.8 Å². The third-order valence-electron chi connectivity index (χ3n) is 4.20. The van der Waals surface area contributed by atoms with E-state index in [-0.39, 0.29) is 11.6 Å². The fourth-order valence-corrected chi connectivity index (χ4v) is 2.93. The van der Waals surface area contributed by atoms with E-state index in [1.54, 1.807) is 34.7 Å².